The molecule has 1 aromatic carbocycles. The van der Waals surface area contributed by atoms with Crippen molar-refractivity contribution in [2.75, 3.05) is 12.0 Å². The first-order chi connectivity index (χ1) is 10.5. The Hall–Kier alpha value is -0.730. The van der Waals surface area contributed by atoms with Crippen molar-refractivity contribution in [2.24, 2.45) is 0 Å². The molecular formula is C14H12BrClN2O2S2. The van der Waals surface area contributed by atoms with Crippen molar-refractivity contribution in [3.63, 3.8) is 0 Å². The molecule has 0 fully saturated rings. The van der Waals surface area contributed by atoms with E-state index in [0.29, 0.717) is 10.7 Å². The molecule has 116 valence electrons. The monoisotopic (exact) mass is 418 g/mol. The van der Waals surface area contributed by atoms with E-state index >= 15 is 0 Å². The Kier molecular flexibility index (Phi) is 4.70. The number of rotatable bonds is 4. The number of aliphatic hydroxyl groups excluding tert-OH is 1. The molecule has 4 nitrogen and oxygen atoms in total. The van der Waals surface area contributed by atoms with Crippen LogP contribution < -0.4 is 0 Å². The summed E-state index contributed by atoms with van der Waals surface area (Å²) in [7, 11) is -1.10. The summed E-state index contributed by atoms with van der Waals surface area (Å²) < 4.78 is 12.2. The summed E-state index contributed by atoms with van der Waals surface area (Å²) in [6.07, 6.45) is 2.44. The molecular weight excluding hydrogens is 408 g/mol. The molecule has 0 aliphatic carbocycles. The summed E-state index contributed by atoms with van der Waals surface area (Å²) >= 11 is 11.1. The fourth-order valence-corrected chi connectivity index (χ4v) is 4.17. The Labute approximate surface area is 147 Å². The number of benzene rings is 1. The molecule has 0 saturated heterocycles. The number of nitrogens with one attached hydrogen (secondary N) is 1. The van der Waals surface area contributed by atoms with Gasteiger partial charge in [0, 0.05) is 49.6 Å². The van der Waals surface area contributed by atoms with E-state index in [1.165, 1.54) is 11.3 Å². The molecule has 0 saturated carbocycles. The highest BCUT2D eigenvalue weighted by Gasteiger charge is 2.22. The number of nitrogens with zero attached hydrogens (tertiary/aromatic N) is 1. The normalized spacial score (nSPS) is 14.4. The SMILES string of the molecule is CS(=O)CC(O)c1[nH]c2cc(Br)c(Cl)cc2c1-c1nccs1. The maximum absolute atomic E-state index is 11.4. The van der Waals surface area contributed by atoms with Crippen molar-refractivity contribution < 1.29 is 9.32 Å². The number of aliphatic hydroxyl groups is 1. The Bertz CT molecular complexity index is 848. The molecule has 0 spiro atoms. The maximum Gasteiger partial charge on any atom is 0.125 e. The predicted octanol–water partition coefficient (Wildman–Crippen LogP) is 4.12. The van der Waals surface area contributed by atoms with Crippen LogP contribution in [0.25, 0.3) is 21.5 Å². The van der Waals surface area contributed by atoms with Crippen LogP contribution in [0.3, 0.4) is 0 Å². The van der Waals surface area contributed by atoms with Crippen LogP contribution in [0.2, 0.25) is 5.02 Å². The van der Waals surface area contributed by atoms with E-state index in [1.54, 1.807) is 12.5 Å². The third kappa shape index (κ3) is 3.00. The zero-order chi connectivity index (χ0) is 15.9. The predicted molar refractivity (Wildman–Crippen MR) is 96.0 cm³/mol. The van der Waals surface area contributed by atoms with E-state index in [1.807, 2.05) is 17.5 Å². The number of halogens is 2. The third-order valence-corrected chi connectivity index (χ3v) is 6.01. The van der Waals surface area contributed by atoms with Crippen LogP contribution in [0.15, 0.2) is 28.2 Å². The Balaban J connectivity index is 2.26. The summed E-state index contributed by atoms with van der Waals surface area (Å²) in [6, 6.07) is 3.71. The minimum Gasteiger partial charge on any atom is -0.386 e. The molecule has 2 heterocycles. The van der Waals surface area contributed by atoms with E-state index in [0.717, 1.165) is 25.9 Å². The van der Waals surface area contributed by atoms with Gasteiger partial charge in [0.25, 0.3) is 0 Å². The van der Waals surface area contributed by atoms with Crippen LogP contribution in [0, 0.1) is 0 Å². The molecule has 0 bridgehead atoms. The largest absolute Gasteiger partial charge is 0.386 e. The van der Waals surface area contributed by atoms with Gasteiger partial charge in [-0.3, -0.25) is 4.21 Å². The second-order valence-electron chi connectivity index (χ2n) is 4.82. The van der Waals surface area contributed by atoms with Crippen molar-refractivity contribution in [3.05, 3.63) is 38.9 Å². The number of hydrogen-bond acceptors (Lipinski definition) is 4. The molecule has 0 aliphatic rings. The molecule has 0 radical (unpaired) electrons. The van der Waals surface area contributed by atoms with E-state index in [2.05, 4.69) is 25.9 Å². The third-order valence-electron chi connectivity index (χ3n) is 3.24. The second kappa shape index (κ2) is 6.41. The molecule has 8 heteroatoms. The highest BCUT2D eigenvalue weighted by Crippen LogP contribution is 2.39. The highest BCUT2D eigenvalue weighted by atomic mass is 79.9. The molecule has 0 aliphatic heterocycles. The summed E-state index contributed by atoms with van der Waals surface area (Å²) in [4.78, 5) is 7.56. The van der Waals surface area contributed by atoms with Crippen LogP contribution >= 0.6 is 38.9 Å². The molecule has 22 heavy (non-hydrogen) atoms. The average Bonchev–Trinajstić information content (AvgIpc) is 3.05. The standard InChI is InChI=1S/C14H12BrClN2O2S2/c1-22(20)6-11(19)13-12(14-17-2-3-21-14)7-4-9(16)8(15)5-10(7)18-13/h2-5,11,18-19H,6H2,1H3. The lowest BCUT2D eigenvalue weighted by Gasteiger charge is -2.09. The number of aromatic amines is 1. The van der Waals surface area contributed by atoms with Gasteiger partial charge in [-0.15, -0.1) is 11.3 Å². The van der Waals surface area contributed by atoms with Crippen LogP contribution in [0.1, 0.15) is 11.8 Å². The maximum atomic E-state index is 11.4. The van der Waals surface area contributed by atoms with Gasteiger partial charge >= 0.3 is 0 Å². The van der Waals surface area contributed by atoms with Gasteiger partial charge in [-0.25, -0.2) is 4.98 Å². The summed E-state index contributed by atoms with van der Waals surface area (Å²) in [6.45, 7) is 0. The van der Waals surface area contributed by atoms with E-state index in [-0.39, 0.29) is 5.75 Å². The van der Waals surface area contributed by atoms with Gasteiger partial charge in [-0.1, -0.05) is 11.6 Å². The average molecular weight is 420 g/mol. The molecule has 2 N–H and O–H groups in total. The second-order valence-corrected chi connectivity index (χ2v) is 8.45. The fourth-order valence-electron chi connectivity index (χ4n) is 2.34. The lowest BCUT2D eigenvalue weighted by Crippen LogP contribution is -2.09. The molecule has 2 atom stereocenters. The van der Waals surface area contributed by atoms with Crippen molar-refractivity contribution in [2.45, 2.75) is 6.10 Å². The van der Waals surface area contributed by atoms with E-state index in [9.17, 15) is 9.32 Å². The highest BCUT2D eigenvalue weighted by molar-refractivity contribution is 9.10. The minimum atomic E-state index is -1.10. The topological polar surface area (TPSA) is 66.0 Å². The molecule has 0 amide bonds. The van der Waals surface area contributed by atoms with Gasteiger partial charge in [-0.05, 0) is 28.1 Å². The fraction of sp³-hybridized carbons (Fsp3) is 0.214. The number of thiazole rings is 1. The number of aromatic nitrogens is 2. The Morgan fingerprint density at radius 3 is 2.95 bits per heavy atom. The van der Waals surface area contributed by atoms with Gasteiger partial charge < -0.3 is 10.1 Å². The van der Waals surface area contributed by atoms with Gasteiger partial charge in [0.15, 0.2) is 0 Å². The zero-order valence-electron chi connectivity index (χ0n) is 11.5. The van der Waals surface area contributed by atoms with Crippen LogP contribution in [-0.2, 0) is 10.8 Å². The van der Waals surface area contributed by atoms with E-state index in [4.69, 9.17) is 11.6 Å². The number of hydrogen-bond donors (Lipinski definition) is 2. The van der Waals surface area contributed by atoms with Gasteiger partial charge in [0.05, 0.1) is 16.5 Å². The first kappa shape index (κ1) is 16.1. The van der Waals surface area contributed by atoms with Crippen molar-refractivity contribution >= 4 is 60.6 Å². The minimum absolute atomic E-state index is 0.167. The molecule has 3 aromatic rings. The van der Waals surface area contributed by atoms with Gasteiger partial charge in [-0.2, -0.15) is 0 Å². The first-order valence-corrected chi connectivity index (χ1v) is 10.1. The molecule has 2 unspecified atom stereocenters. The summed E-state index contributed by atoms with van der Waals surface area (Å²) in [5, 5.41) is 14.6. The molecule has 3 rings (SSSR count). The summed E-state index contributed by atoms with van der Waals surface area (Å²) in [5.41, 5.74) is 2.28. The first-order valence-electron chi connectivity index (χ1n) is 6.36. The van der Waals surface area contributed by atoms with Crippen molar-refractivity contribution in [3.8, 4) is 10.6 Å². The Morgan fingerprint density at radius 2 is 2.32 bits per heavy atom. The van der Waals surface area contributed by atoms with Crippen molar-refractivity contribution in [1.29, 1.82) is 0 Å². The number of fused-ring (bicyclic) bond motifs is 1. The molecule has 2 aromatic heterocycles. The van der Waals surface area contributed by atoms with Crippen LogP contribution in [0.4, 0.5) is 0 Å². The van der Waals surface area contributed by atoms with Crippen molar-refractivity contribution in [1.82, 2.24) is 9.97 Å². The van der Waals surface area contributed by atoms with Gasteiger partial charge in [0.1, 0.15) is 11.1 Å². The number of H-pyrrole nitrogens is 1. The van der Waals surface area contributed by atoms with Gasteiger partial charge in [0.2, 0.25) is 0 Å². The quantitative estimate of drug-likeness (QED) is 0.668. The van der Waals surface area contributed by atoms with Crippen LogP contribution in [-0.4, -0.2) is 31.3 Å². The Morgan fingerprint density at radius 1 is 1.55 bits per heavy atom. The van der Waals surface area contributed by atoms with E-state index < -0.39 is 16.9 Å². The lowest BCUT2D eigenvalue weighted by atomic mass is 10.1. The smallest absolute Gasteiger partial charge is 0.125 e. The zero-order valence-corrected chi connectivity index (χ0v) is 15.4. The van der Waals surface area contributed by atoms with Crippen LogP contribution in [0.5, 0.6) is 0 Å². The lowest BCUT2D eigenvalue weighted by molar-refractivity contribution is 0.199. The summed E-state index contributed by atoms with van der Waals surface area (Å²) in [5.74, 6) is 0.167.